The molecule has 1 atom stereocenters. The average Bonchev–Trinajstić information content (AvgIpc) is 2.30. The van der Waals surface area contributed by atoms with Gasteiger partial charge in [0, 0.05) is 11.1 Å². The zero-order chi connectivity index (χ0) is 12.7. The lowest BCUT2D eigenvalue weighted by Gasteiger charge is -2.21. The van der Waals surface area contributed by atoms with Crippen LogP contribution in [-0.2, 0) is 4.74 Å². The first-order valence-corrected chi connectivity index (χ1v) is 7.05. The Morgan fingerprint density at radius 2 is 2.12 bits per heavy atom. The summed E-state index contributed by atoms with van der Waals surface area (Å²) in [6.45, 7) is 8.88. The van der Waals surface area contributed by atoms with E-state index in [0.717, 1.165) is 30.7 Å². The highest BCUT2D eigenvalue weighted by atomic mass is 79.9. The molecule has 1 aromatic rings. The second-order valence-electron chi connectivity index (χ2n) is 4.17. The van der Waals surface area contributed by atoms with Gasteiger partial charge in [-0.25, -0.2) is 0 Å². The van der Waals surface area contributed by atoms with Gasteiger partial charge in [0.25, 0.3) is 0 Å². The van der Waals surface area contributed by atoms with Crippen molar-refractivity contribution >= 4 is 15.9 Å². The number of nitrogens with one attached hydrogen (secondary N) is 1. The average molecular weight is 300 g/mol. The van der Waals surface area contributed by atoms with Crippen LogP contribution in [-0.4, -0.2) is 19.8 Å². The molecule has 2 nitrogen and oxygen atoms in total. The summed E-state index contributed by atoms with van der Waals surface area (Å²) in [5.74, 6) is 0. The molecule has 17 heavy (non-hydrogen) atoms. The standard InChI is InChI=1S/C14H22BrNO/c1-4-8-16-14(10-17-5-2)13-7-6-12(15)9-11(13)3/h6-7,9,14,16H,4-5,8,10H2,1-3H3. The highest BCUT2D eigenvalue weighted by Gasteiger charge is 2.13. The number of halogens is 1. The number of rotatable bonds is 7. The molecule has 0 fully saturated rings. The van der Waals surface area contributed by atoms with E-state index in [0.29, 0.717) is 6.04 Å². The van der Waals surface area contributed by atoms with Crippen molar-refractivity contribution in [1.82, 2.24) is 5.32 Å². The van der Waals surface area contributed by atoms with Gasteiger partial charge in [-0.05, 0) is 50.1 Å². The van der Waals surface area contributed by atoms with Crippen molar-refractivity contribution in [3.63, 3.8) is 0 Å². The summed E-state index contributed by atoms with van der Waals surface area (Å²) in [6.07, 6.45) is 1.14. The minimum Gasteiger partial charge on any atom is -0.380 e. The number of benzene rings is 1. The van der Waals surface area contributed by atoms with Gasteiger partial charge >= 0.3 is 0 Å². The maximum absolute atomic E-state index is 5.56. The Kier molecular flexibility index (Phi) is 6.78. The molecule has 96 valence electrons. The molecule has 1 aromatic carbocycles. The monoisotopic (exact) mass is 299 g/mol. The van der Waals surface area contributed by atoms with E-state index in [4.69, 9.17) is 4.74 Å². The first-order valence-electron chi connectivity index (χ1n) is 6.26. The fourth-order valence-electron chi connectivity index (χ4n) is 1.84. The molecular weight excluding hydrogens is 278 g/mol. The van der Waals surface area contributed by atoms with E-state index >= 15 is 0 Å². The highest BCUT2D eigenvalue weighted by Crippen LogP contribution is 2.22. The maximum atomic E-state index is 5.56. The smallest absolute Gasteiger partial charge is 0.0661 e. The normalized spacial score (nSPS) is 12.7. The summed E-state index contributed by atoms with van der Waals surface area (Å²) in [6, 6.07) is 6.71. The summed E-state index contributed by atoms with van der Waals surface area (Å²) >= 11 is 3.50. The van der Waals surface area contributed by atoms with Gasteiger partial charge in [0.2, 0.25) is 0 Å². The number of ether oxygens (including phenoxy) is 1. The third-order valence-electron chi connectivity index (χ3n) is 2.74. The Morgan fingerprint density at radius 1 is 1.35 bits per heavy atom. The van der Waals surface area contributed by atoms with Crippen LogP contribution >= 0.6 is 15.9 Å². The molecule has 0 radical (unpaired) electrons. The molecule has 0 aliphatic heterocycles. The second-order valence-corrected chi connectivity index (χ2v) is 5.08. The summed E-state index contributed by atoms with van der Waals surface area (Å²) in [5.41, 5.74) is 2.63. The molecule has 0 aliphatic rings. The zero-order valence-corrected chi connectivity index (χ0v) is 12.5. The summed E-state index contributed by atoms with van der Waals surface area (Å²) < 4.78 is 6.69. The van der Waals surface area contributed by atoms with Crippen molar-refractivity contribution in [3.05, 3.63) is 33.8 Å². The van der Waals surface area contributed by atoms with E-state index in [9.17, 15) is 0 Å². The number of hydrogen-bond acceptors (Lipinski definition) is 2. The van der Waals surface area contributed by atoms with E-state index in [2.05, 4.69) is 53.3 Å². The van der Waals surface area contributed by atoms with Crippen LogP contribution < -0.4 is 5.32 Å². The van der Waals surface area contributed by atoms with Crippen molar-refractivity contribution in [3.8, 4) is 0 Å². The Bertz CT molecular complexity index is 333. The third kappa shape index (κ3) is 4.78. The molecular formula is C14H22BrNO. The molecule has 0 saturated carbocycles. The van der Waals surface area contributed by atoms with E-state index < -0.39 is 0 Å². The predicted molar refractivity (Wildman–Crippen MR) is 76.4 cm³/mol. The lowest BCUT2D eigenvalue weighted by Crippen LogP contribution is -2.27. The molecule has 3 heteroatoms. The molecule has 0 heterocycles. The van der Waals surface area contributed by atoms with E-state index in [1.807, 2.05) is 6.92 Å². The van der Waals surface area contributed by atoms with E-state index in [-0.39, 0.29) is 0 Å². The van der Waals surface area contributed by atoms with Gasteiger partial charge in [-0.2, -0.15) is 0 Å². The molecule has 0 amide bonds. The van der Waals surface area contributed by atoms with Crippen molar-refractivity contribution in [1.29, 1.82) is 0 Å². The van der Waals surface area contributed by atoms with Crippen molar-refractivity contribution in [2.24, 2.45) is 0 Å². The summed E-state index contributed by atoms with van der Waals surface area (Å²) in [4.78, 5) is 0. The Labute approximate surface area is 113 Å². The van der Waals surface area contributed by atoms with Gasteiger partial charge in [-0.3, -0.25) is 0 Å². The van der Waals surface area contributed by atoms with Gasteiger partial charge in [-0.15, -0.1) is 0 Å². The molecule has 0 saturated heterocycles. The summed E-state index contributed by atoms with van der Waals surface area (Å²) in [7, 11) is 0. The molecule has 1 N–H and O–H groups in total. The van der Waals surface area contributed by atoms with Crippen LogP contribution in [0, 0.1) is 6.92 Å². The molecule has 1 rings (SSSR count). The van der Waals surface area contributed by atoms with Crippen LogP contribution in [0.25, 0.3) is 0 Å². The summed E-state index contributed by atoms with van der Waals surface area (Å²) in [5, 5.41) is 3.54. The van der Waals surface area contributed by atoms with Gasteiger partial charge in [0.1, 0.15) is 0 Å². The Morgan fingerprint density at radius 3 is 2.71 bits per heavy atom. The van der Waals surface area contributed by atoms with Crippen LogP contribution in [0.5, 0.6) is 0 Å². The molecule has 0 aromatic heterocycles. The van der Waals surface area contributed by atoms with Crippen molar-refractivity contribution in [2.75, 3.05) is 19.8 Å². The van der Waals surface area contributed by atoms with Crippen molar-refractivity contribution < 1.29 is 4.74 Å². The zero-order valence-electron chi connectivity index (χ0n) is 10.9. The van der Waals surface area contributed by atoms with E-state index in [1.165, 1.54) is 11.1 Å². The van der Waals surface area contributed by atoms with Crippen LogP contribution in [0.2, 0.25) is 0 Å². The molecule has 0 spiro atoms. The SMILES string of the molecule is CCCNC(COCC)c1ccc(Br)cc1C. The minimum atomic E-state index is 0.294. The fourth-order valence-corrected chi connectivity index (χ4v) is 2.32. The number of aryl methyl sites for hydroxylation is 1. The van der Waals surface area contributed by atoms with Crippen LogP contribution in [0.1, 0.15) is 37.4 Å². The number of hydrogen-bond donors (Lipinski definition) is 1. The minimum absolute atomic E-state index is 0.294. The highest BCUT2D eigenvalue weighted by molar-refractivity contribution is 9.10. The van der Waals surface area contributed by atoms with E-state index in [1.54, 1.807) is 0 Å². The van der Waals surface area contributed by atoms with Gasteiger partial charge in [0.05, 0.1) is 12.6 Å². The van der Waals surface area contributed by atoms with Crippen LogP contribution in [0.3, 0.4) is 0 Å². The van der Waals surface area contributed by atoms with Gasteiger partial charge < -0.3 is 10.1 Å². The second kappa shape index (κ2) is 7.85. The van der Waals surface area contributed by atoms with Gasteiger partial charge in [-0.1, -0.05) is 28.9 Å². The molecule has 0 aliphatic carbocycles. The lowest BCUT2D eigenvalue weighted by molar-refractivity contribution is 0.123. The molecule has 1 unspecified atom stereocenters. The fraction of sp³-hybridized carbons (Fsp3) is 0.571. The lowest BCUT2D eigenvalue weighted by atomic mass is 10.0. The Balaban J connectivity index is 2.79. The quantitative estimate of drug-likeness (QED) is 0.826. The predicted octanol–water partition coefficient (Wildman–Crippen LogP) is 3.83. The topological polar surface area (TPSA) is 21.3 Å². The van der Waals surface area contributed by atoms with Crippen LogP contribution in [0.15, 0.2) is 22.7 Å². The Hall–Kier alpha value is -0.380. The van der Waals surface area contributed by atoms with Crippen molar-refractivity contribution in [2.45, 2.75) is 33.2 Å². The van der Waals surface area contributed by atoms with Crippen LogP contribution in [0.4, 0.5) is 0 Å². The largest absolute Gasteiger partial charge is 0.380 e. The van der Waals surface area contributed by atoms with Gasteiger partial charge in [0.15, 0.2) is 0 Å². The maximum Gasteiger partial charge on any atom is 0.0661 e. The first-order chi connectivity index (χ1) is 8.19. The molecule has 0 bridgehead atoms. The third-order valence-corrected chi connectivity index (χ3v) is 3.23. The first kappa shape index (κ1) is 14.7.